The molecule has 0 aromatic rings. The van der Waals surface area contributed by atoms with Crippen molar-refractivity contribution >= 4 is 11.9 Å². The summed E-state index contributed by atoms with van der Waals surface area (Å²) < 4.78 is 5.48. The molecule has 0 saturated carbocycles. The molecule has 0 heterocycles. The van der Waals surface area contributed by atoms with E-state index in [0.717, 1.165) is 64.2 Å². The van der Waals surface area contributed by atoms with Gasteiger partial charge in [0.05, 0.1) is 25.4 Å². The van der Waals surface area contributed by atoms with Gasteiger partial charge < -0.3 is 20.3 Å². The Morgan fingerprint density at radius 3 is 1.03 bits per heavy atom. The molecule has 0 aromatic heterocycles. The minimum Gasteiger partial charge on any atom is -0.466 e. The molecule has 0 aliphatic carbocycles. The minimum absolute atomic E-state index is 0.00137. The molecule has 0 aliphatic rings. The molecule has 75 heavy (non-hydrogen) atoms. The molecule has 2 unspecified atom stereocenters. The highest BCUT2D eigenvalue weighted by atomic mass is 16.5. The van der Waals surface area contributed by atoms with Gasteiger partial charge in [0.15, 0.2) is 0 Å². The number of amides is 1. The van der Waals surface area contributed by atoms with Crippen LogP contribution in [0.3, 0.4) is 0 Å². The Morgan fingerprint density at radius 1 is 0.373 bits per heavy atom. The Labute approximate surface area is 467 Å². The zero-order chi connectivity index (χ0) is 54.3. The number of nitrogens with one attached hydrogen (secondary N) is 1. The molecule has 0 saturated heterocycles. The number of aliphatic hydroxyl groups excluding tert-OH is 2. The van der Waals surface area contributed by atoms with E-state index in [0.29, 0.717) is 19.4 Å². The molecule has 0 rings (SSSR count). The molecule has 0 spiro atoms. The van der Waals surface area contributed by atoms with Crippen molar-refractivity contribution in [3.63, 3.8) is 0 Å². The van der Waals surface area contributed by atoms with Crippen LogP contribution in [0, 0.1) is 0 Å². The number of hydrogen-bond donors (Lipinski definition) is 3. The maximum Gasteiger partial charge on any atom is 0.305 e. The molecule has 0 bridgehead atoms. The first kappa shape index (κ1) is 72.8. The highest BCUT2D eigenvalue weighted by molar-refractivity contribution is 5.76. The summed E-state index contributed by atoms with van der Waals surface area (Å²) >= 11 is 0. The van der Waals surface area contributed by atoms with E-state index in [1.54, 1.807) is 6.08 Å². The van der Waals surface area contributed by atoms with Gasteiger partial charge in [0.1, 0.15) is 0 Å². The van der Waals surface area contributed by atoms with Crippen LogP contribution in [-0.2, 0) is 14.3 Å². The average molecular weight is 1050 g/mol. The Bertz CT molecular complexity index is 1260. The Kier molecular flexibility index (Phi) is 62.5. The quantitative estimate of drug-likeness (QED) is 0.0320. The first-order valence-electron chi connectivity index (χ1n) is 33.4. The van der Waals surface area contributed by atoms with Crippen LogP contribution in [0.2, 0.25) is 0 Å². The van der Waals surface area contributed by atoms with Crippen molar-refractivity contribution in [1.82, 2.24) is 5.32 Å². The first-order valence-corrected chi connectivity index (χ1v) is 33.4. The summed E-state index contributed by atoms with van der Waals surface area (Å²) in [5.41, 5.74) is 0. The number of esters is 1. The lowest BCUT2D eigenvalue weighted by molar-refractivity contribution is -0.143. The van der Waals surface area contributed by atoms with E-state index in [2.05, 4.69) is 55.6 Å². The monoisotopic (exact) mass is 1050 g/mol. The Hall–Kier alpha value is -2.18. The van der Waals surface area contributed by atoms with E-state index in [9.17, 15) is 19.8 Å². The van der Waals surface area contributed by atoms with Gasteiger partial charge in [-0.05, 0) is 89.9 Å². The summed E-state index contributed by atoms with van der Waals surface area (Å²) in [6.45, 7) is 4.91. The molecular formula is C69H129NO5. The third kappa shape index (κ3) is 60.9. The van der Waals surface area contributed by atoms with Crippen molar-refractivity contribution in [3.8, 4) is 0 Å². The largest absolute Gasteiger partial charge is 0.466 e. The zero-order valence-electron chi connectivity index (χ0n) is 50.3. The van der Waals surface area contributed by atoms with E-state index in [1.807, 2.05) is 6.08 Å². The van der Waals surface area contributed by atoms with Gasteiger partial charge in [0.25, 0.3) is 0 Å². The smallest absolute Gasteiger partial charge is 0.305 e. The third-order valence-corrected chi connectivity index (χ3v) is 15.3. The number of rotatable bonds is 62. The number of allylic oxidation sites excluding steroid dienone is 7. The predicted octanol–water partition coefficient (Wildman–Crippen LogP) is 21.3. The number of aliphatic hydroxyl groups is 2. The molecule has 0 fully saturated rings. The minimum atomic E-state index is -0.853. The van der Waals surface area contributed by atoms with Gasteiger partial charge in [-0.2, -0.15) is 0 Å². The van der Waals surface area contributed by atoms with Gasteiger partial charge >= 0.3 is 5.97 Å². The normalized spacial score (nSPS) is 12.9. The number of carbonyl (C=O) groups is 2. The van der Waals surface area contributed by atoms with Crippen molar-refractivity contribution in [2.45, 2.75) is 366 Å². The van der Waals surface area contributed by atoms with Crippen molar-refractivity contribution in [2.24, 2.45) is 0 Å². The highest BCUT2D eigenvalue weighted by Gasteiger charge is 2.18. The van der Waals surface area contributed by atoms with Gasteiger partial charge in [-0.1, -0.05) is 300 Å². The summed E-state index contributed by atoms with van der Waals surface area (Å²) in [5.74, 6) is -0.0776. The topological polar surface area (TPSA) is 95.9 Å². The van der Waals surface area contributed by atoms with E-state index >= 15 is 0 Å². The first-order chi connectivity index (χ1) is 37.0. The number of carbonyl (C=O) groups excluding carboxylic acids is 2. The van der Waals surface area contributed by atoms with E-state index in [4.69, 9.17) is 4.74 Å². The van der Waals surface area contributed by atoms with Crippen LogP contribution in [0.5, 0.6) is 0 Å². The zero-order valence-corrected chi connectivity index (χ0v) is 50.3. The predicted molar refractivity (Wildman–Crippen MR) is 329 cm³/mol. The van der Waals surface area contributed by atoms with Gasteiger partial charge in [-0.25, -0.2) is 0 Å². The second-order valence-corrected chi connectivity index (χ2v) is 22.8. The lowest BCUT2D eigenvalue weighted by atomic mass is 10.0. The van der Waals surface area contributed by atoms with Crippen molar-refractivity contribution in [3.05, 3.63) is 48.6 Å². The summed E-state index contributed by atoms with van der Waals surface area (Å²) in [6.07, 6.45) is 83.1. The molecule has 3 N–H and O–H groups in total. The summed E-state index contributed by atoms with van der Waals surface area (Å²) in [5, 5.41) is 23.2. The summed E-state index contributed by atoms with van der Waals surface area (Å²) in [7, 11) is 0. The molecule has 440 valence electrons. The molecule has 6 heteroatoms. The van der Waals surface area contributed by atoms with Crippen molar-refractivity contribution in [2.75, 3.05) is 13.2 Å². The van der Waals surface area contributed by atoms with Gasteiger partial charge in [0.2, 0.25) is 5.91 Å². The van der Waals surface area contributed by atoms with Crippen LogP contribution < -0.4 is 5.32 Å². The maximum absolute atomic E-state index is 12.5. The van der Waals surface area contributed by atoms with Crippen LogP contribution >= 0.6 is 0 Å². The van der Waals surface area contributed by atoms with E-state index in [1.165, 1.54) is 263 Å². The molecule has 0 aliphatic heterocycles. The highest BCUT2D eigenvalue weighted by Crippen LogP contribution is 2.17. The second kappa shape index (κ2) is 64.3. The van der Waals surface area contributed by atoms with E-state index < -0.39 is 12.1 Å². The Balaban J connectivity index is 3.48. The third-order valence-electron chi connectivity index (χ3n) is 15.3. The lowest BCUT2D eigenvalue weighted by Crippen LogP contribution is -2.45. The molecule has 0 aromatic carbocycles. The maximum atomic E-state index is 12.5. The second-order valence-electron chi connectivity index (χ2n) is 22.8. The van der Waals surface area contributed by atoms with Crippen molar-refractivity contribution in [1.29, 1.82) is 0 Å². The average Bonchev–Trinajstić information content (AvgIpc) is 3.41. The molecule has 6 nitrogen and oxygen atoms in total. The molecule has 2 atom stereocenters. The molecule has 1 amide bonds. The van der Waals surface area contributed by atoms with Crippen LogP contribution in [0.15, 0.2) is 48.6 Å². The van der Waals surface area contributed by atoms with Gasteiger partial charge in [-0.15, -0.1) is 0 Å². The number of ether oxygens (including phenoxy) is 1. The number of hydrogen-bond acceptors (Lipinski definition) is 5. The summed E-state index contributed by atoms with van der Waals surface area (Å²) in [4.78, 5) is 24.6. The fourth-order valence-electron chi connectivity index (χ4n) is 10.2. The van der Waals surface area contributed by atoms with Crippen LogP contribution in [0.1, 0.15) is 354 Å². The fraction of sp³-hybridized carbons (Fsp3) is 0.855. The lowest BCUT2D eigenvalue weighted by Gasteiger charge is -2.20. The van der Waals surface area contributed by atoms with Crippen LogP contribution in [0.25, 0.3) is 0 Å². The summed E-state index contributed by atoms with van der Waals surface area (Å²) in [6, 6.07) is -0.637. The number of unbranched alkanes of at least 4 members (excludes halogenated alkanes) is 45. The molecular weight excluding hydrogens is 923 g/mol. The van der Waals surface area contributed by atoms with Crippen LogP contribution in [0.4, 0.5) is 0 Å². The van der Waals surface area contributed by atoms with Crippen molar-refractivity contribution < 1.29 is 24.5 Å². The fourth-order valence-corrected chi connectivity index (χ4v) is 10.2. The van der Waals surface area contributed by atoms with E-state index in [-0.39, 0.29) is 18.5 Å². The standard InChI is InChI=1S/C69H129NO5/c1-3-5-7-9-11-13-15-17-19-20-21-27-30-34-37-41-45-49-53-57-61-67(72)66(65-71)70-68(73)62-58-54-50-46-42-38-35-31-28-25-23-22-24-26-29-32-36-40-44-48-52-56-60-64-75-69(74)63-59-55-51-47-43-39-33-18-16-14-12-10-8-6-4-2/h18,22,24-25,28,33,57,61,66-67,71-72H,3-17,19-21,23,26-27,29-32,34-56,58-60,62-65H2,1-2H3,(H,70,73)/b24-22-,28-25-,33-18-,61-57+. The van der Waals surface area contributed by atoms with Crippen LogP contribution in [-0.4, -0.2) is 47.4 Å². The van der Waals surface area contributed by atoms with Gasteiger partial charge in [-0.3, -0.25) is 9.59 Å². The SMILES string of the molecule is CCCCCCCC/C=C\CCCCCCCC(=O)OCCCCCCCCCCC/C=C\C/C=C\CCCCCCCCCC(=O)NC(CO)C(O)/C=C/CCCCCCCCCCCCCCCCCCCC. The van der Waals surface area contributed by atoms with Gasteiger partial charge in [0, 0.05) is 12.8 Å². The molecule has 0 radical (unpaired) electrons. The Morgan fingerprint density at radius 2 is 0.667 bits per heavy atom.